The molecule has 3 heteroatoms. The molecule has 4 saturated carbocycles. The molecular weight excluding hydrogens is 372 g/mol. The highest BCUT2D eigenvalue weighted by Gasteiger charge is 2.63. The summed E-state index contributed by atoms with van der Waals surface area (Å²) in [5, 5.41) is 20.7. The van der Waals surface area contributed by atoms with Crippen molar-refractivity contribution >= 4 is 5.78 Å². The van der Waals surface area contributed by atoms with Gasteiger partial charge in [-0.05, 0) is 84.9 Å². The molecule has 4 rings (SSSR count). The van der Waals surface area contributed by atoms with Gasteiger partial charge in [0.15, 0.2) is 0 Å². The van der Waals surface area contributed by atoms with Crippen molar-refractivity contribution in [1.82, 2.24) is 0 Å². The molecule has 2 N–H and O–H groups in total. The van der Waals surface area contributed by atoms with E-state index >= 15 is 0 Å². The van der Waals surface area contributed by atoms with Crippen molar-refractivity contribution in [3.05, 3.63) is 0 Å². The Hall–Kier alpha value is -0.410. The minimum absolute atomic E-state index is 0.0475. The molecule has 0 aromatic carbocycles. The van der Waals surface area contributed by atoms with Gasteiger partial charge in [0.1, 0.15) is 5.78 Å². The monoisotopic (exact) mass is 418 g/mol. The molecule has 0 unspecified atom stereocenters. The van der Waals surface area contributed by atoms with Crippen LogP contribution >= 0.6 is 0 Å². The number of aliphatic hydroxyl groups is 2. The molecule has 0 amide bonds. The highest BCUT2D eigenvalue weighted by atomic mass is 16.3. The third kappa shape index (κ3) is 3.60. The number of fused-ring (bicyclic) bond motifs is 5. The predicted octanol–water partition coefficient (Wildman–Crippen LogP) is 5.62. The summed E-state index contributed by atoms with van der Waals surface area (Å²) in [4.78, 5) is 13.3. The van der Waals surface area contributed by atoms with Crippen LogP contribution in [-0.4, -0.2) is 28.2 Å². The minimum atomic E-state index is -0.722. The van der Waals surface area contributed by atoms with Gasteiger partial charge in [0.25, 0.3) is 0 Å². The van der Waals surface area contributed by atoms with Crippen LogP contribution in [0.25, 0.3) is 0 Å². The lowest BCUT2D eigenvalue weighted by atomic mass is 9.44. The molecule has 0 aromatic heterocycles. The average molecular weight is 419 g/mol. The minimum Gasteiger partial charge on any atom is -0.390 e. The molecule has 3 nitrogen and oxygen atoms in total. The van der Waals surface area contributed by atoms with Crippen LogP contribution in [0, 0.1) is 52.3 Å². The summed E-state index contributed by atoms with van der Waals surface area (Å²) < 4.78 is 0. The lowest BCUT2D eigenvalue weighted by Gasteiger charge is -2.61. The normalized spacial score (nSPS) is 49.5. The van der Waals surface area contributed by atoms with Gasteiger partial charge in [0.2, 0.25) is 0 Å². The van der Waals surface area contributed by atoms with E-state index in [0.29, 0.717) is 41.8 Å². The van der Waals surface area contributed by atoms with E-state index in [4.69, 9.17) is 0 Å². The fourth-order valence-electron chi connectivity index (χ4n) is 9.10. The van der Waals surface area contributed by atoms with Gasteiger partial charge in [-0.2, -0.15) is 0 Å². The zero-order valence-electron chi connectivity index (χ0n) is 20.1. The van der Waals surface area contributed by atoms with E-state index < -0.39 is 12.2 Å². The summed E-state index contributed by atoms with van der Waals surface area (Å²) in [5.41, 5.74) is 0.260. The summed E-state index contributed by atoms with van der Waals surface area (Å²) in [6.07, 6.45) is 9.56. The third-order valence-corrected chi connectivity index (χ3v) is 10.7. The summed E-state index contributed by atoms with van der Waals surface area (Å²) in [5.74, 6) is 4.41. The maximum atomic E-state index is 13.3. The molecule has 30 heavy (non-hydrogen) atoms. The smallest absolute Gasteiger partial charge is 0.136 e. The molecule has 172 valence electrons. The van der Waals surface area contributed by atoms with Crippen LogP contribution in [0.5, 0.6) is 0 Å². The third-order valence-electron chi connectivity index (χ3n) is 10.7. The van der Waals surface area contributed by atoms with Crippen molar-refractivity contribution in [2.24, 2.45) is 52.3 Å². The molecule has 0 spiro atoms. The lowest BCUT2D eigenvalue weighted by molar-refractivity contribution is -0.173. The zero-order valence-corrected chi connectivity index (χ0v) is 20.1. The fourth-order valence-corrected chi connectivity index (χ4v) is 9.10. The van der Waals surface area contributed by atoms with E-state index in [0.717, 1.165) is 24.2 Å². The maximum absolute atomic E-state index is 13.3. The molecule has 0 saturated heterocycles. The Kier molecular flexibility index (Phi) is 6.21. The SMILES string of the molecule is CC(C)CCC[C@@H](C)[C@H]1CC[C@H]2[C@@H]3CC(=O)[C@H]4C[C@H](O)[C@H](O)C[C@]4(C)[C@H]3CC[C@]12C. The van der Waals surface area contributed by atoms with Gasteiger partial charge in [0, 0.05) is 12.3 Å². The second kappa shape index (κ2) is 8.18. The number of Topliss-reactive ketones (excluding diaryl/α,β-unsaturated/α-hetero) is 1. The van der Waals surface area contributed by atoms with E-state index in [-0.39, 0.29) is 11.3 Å². The van der Waals surface area contributed by atoms with Crippen molar-refractivity contribution in [2.45, 2.75) is 111 Å². The number of ketones is 1. The zero-order chi connectivity index (χ0) is 21.8. The van der Waals surface area contributed by atoms with E-state index in [2.05, 4.69) is 34.6 Å². The van der Waals surface area contributed by atoms with Crippen LogP contribution in [0.2, 0.25) is 0 Å². The molecular formula is C27H46O3. The van der Waals surface area contributed by atoms with Crippen LogP contribution in [0.3, 0.4) is 0 Å². The quantitative estimate of drug-likeness (QED) is 0.609. The van der Waals surface area contributed by atoms with E-state index in [9.17, 15) is 15.0 Å². The Morgan fingerprint density at radius 2 is 1.67 bits per heavy atom. The first-order valence-corrected chi connectivity index (χ1v) is 13.0. The second-order valence-corrected chi connectivity index (χ2v) is 12.7. The number of carbonyl (C=O) groups is 1. The Morgan fingerprint density at radius 3 is 2.37 bits per heavy atom. The highest BCUT2D eigenvalue weighted by molar-refractivity contribution is 5.83. The van der Waals surface area contributed by atoms with Crippen LogP contribution in [0.4, 0.5) is 0 Å². The van der Waals surface area contributed by atoms with Gasteiger partial charge in [-0.15, -0.1) is 0 Å². The van der Waals surface area contributed by atoms with Crippen LogP contribution < -0.4 is 0 Å². The summed E-state index contributed by atoms with van der Waals surface area (Å²) in [7, 11) is 0. The van der Waals surface area contributed by atoms with Crippen LogP contribution in [0.15, 0.2) is 0 Å². The van der Waals surface area contributed by atoms with E-state index in [1.165, 1.54) is 44.9 Å². The number of hydrogen-bond acceptors (Lipinski definition) is 3. The molecule has 0 radical (unpaired) electrons. The first-order valence-electron chi connectivity index (χ1n) is 13.0. The van der Waals surface area contributed by atoms with Crippen molar-refractivity contribution in [2.75, 3.05) is 0 Å². The predicted molar refractivity (Wildman–Crippen MR) is 121 cm³/mol. The Bertz CT molecular complexity index is 644. The molecule has 0 heterocycles. The number of aliphatic hydroxyl groups excluding tert-OH is 2. The first kappa shape index (κ1) is 22.8. The molecule has 10 atom stereocenters. The fraction of sp³-hybridized carbons (Fsp3) is 0.963. The molecule has 4 aliphatic carbocycles. The lowest BCUT2D eigenvalue weighted by Crippen LogP contribution is -2.59. The largest absolute Gasteiger partial charge is 0.390 e. The average Bonchev–Trinajstić information content (AvgIpc) is 3.01. The van der Waals surface area contributed by atoms with Gasteiger partial charge < -0.3 is 10.2 Å². The summed E-state index contributed by atoms with van der Waals surface area (Å²) >= 11 is 0. The Balaban J connectivity index is 1.52. The summed E-state index contributed by atoms with van der Waals surface area (Å²) in [6.45, 7) is 12.0. The molecule has 0 aliphatic heterocycles. The van der Waals surface area contributed by atoms with E-state index in [1.54, 1.807) is 0 Å². The molecule has 0 aromatic rings. The van der Waals surface area contributed by atoms with Gasteiger partial charge in [-0.3, -0.25) is 4.79 Å². The maximum Gasteiger partial charge on any atom is 0.136 e. The van der Waals surface area contributed by atoms with Gasteiger partial charge in [-0.1, -0.05) is 53.9 Å². The standard InChI is InChI=1S/C27H46O3/c1-16(2)7-6-8-17(3)19-9-10-20-18-13-23(28)22-14-24(29)25(30)15-27(22,5)21(18)11-12-26(19,20)4/h16-22,24-25,29-30H,6-15H2,1-5H3/t17-,18+,19-,20+,21+,22-,24+,25-,26-,27-/m1/s1. The highest BCUT2D eigenvalue weighted by Crippen LogP contribution is 2.67. The van der Waals surface area contributed by atoms with Crippen molar-refractivity contribution < 1.29 is 15.0 Å². The van der Waals surface area contributed by atoms with Crippen LogP contribution in [0.1, 0.15) is 98.8 Å². The molecule has 0 bridgehead atoms. The van der Waals surface area contributed by atoms with Crippen molar-refractivity contribution in [3.63, 3.8) is 0 Å². The first-order chi connectivity index (χ1) is 14.1. The number of hydrogen-bond donors (Lipinski definition) is 2. The molecule has 4 fully saturated rings. The van der Waals surface area contributed by atoms with Crippen molar-refractivity contribution in [1.29, 1.82) is 0 Å². The van der Waals surface area contributed by atoms with Crippen molar-refractivity contribution in [3.8, 4) is 0 Å². The van der Waals surface area contributed by atoms with Gasteiger partial charge >= 0.3 is 0 Å². The Morgan fingerprint density at radius 1 is 0.967 bits per heavy atom. The van der Waals surface area contributed by atoms with Gasteiger partial charge in [0.05, 0.1) is 12.2 Å². The topological polar surface area (TPSA) is 57.5 Å². The Labute approximate surface area is 184 Å². The summed E-state index contributed by atoms with van der Waals surface area (Å²) in [6, 6.07) is 0. The number of rotatable bonds is 5. The second-order valence-electron chi connectivity index (χ2n) is 12.7. The van der Waals surface area contributed by atoms with E-state index in [1.807, 2.05) is 0 Å². The molecule has 4 aliphatic rings. The van der Waals surface area contributed by atoms with Gasteiger partial charge in [-0.25, -0.2) is 0 Å². The number of carbonyl (C=O) groups excluding carboxylic acids is 1. The van der Waals surface area contributed by atoms with Crippen LogP contribution in [-0.2, 0) is 4.79 Å².